The van der Waals surface area contributed by atoms with E-state index in [1.165, 1.54) is 29.5 Å². The molecule has 1 heterocycles. The van der Waals surface area contributed by atoms with Crippen LogP contribution in [0.2, 0.25) is 0 Å². The molecule has 1 aliphatic heterocycles. The van der Waals surface area contributed by atoms with Crippen LogP contribution in [-0.4, -0.2) is 31.6 Å². The summed E-state index contributed by atoms with van der Waals surface area (Å²) in [6, 6.07) is 17.1. The van der Waals surface area contributed by atoms with Crippen molar-refractivity contribution in [2.45, 2.75) is 44.7 Å². The van der Waals surface area contributed by atoms with Crippen LogP contribution < -0.4 is 15.0 Å². The van der Waals surface area contributed by atoms with Crippen molar-refractivity contribution in [2.24, 2.45) is 0 Å². The fourth-order valence-electron chi connectivity index (χ4n) is 4.29. The van der Waals surface area contributed by atoms with Crippen LogP contribution in [0.25, 0.3) is 0 Å². The zero-order valence-electron chi connectivity index (χ0n) is 15.9. The molecule has 0 spiro atoms. The maximum atomic E-state index is 12.2. The van der Waals surface area contributed by atoms with Crippen molar-refractivity contribution in [2.75, 3.05) is 19.7 Å². The number of fused-ring (bicyclic) bond motifs is 1. The van der Waals surface area contributed by atoms with E-state index in [4.69, 9.17) is 4.74 Å². The molecule has 0 radical (unpaired) electrons. The molecule has 0 atom stereocenters. The molecule has 4 heteroatoms. The molecule has 27 heavy (non-hydrogen) atoms. The first-order chi connectivity index (χ1) is 13.3. The average Bonchev–Trinajstić information content (AvgIpc) is 3.17. The van der Waals surface area contributed by atoms with Gasteiger partial charge in [0.1, 0.15) is 12.3 Å². The molecule has 1 amide bonds. The first-order valence-corrected chi connectivity index (χ1v) is 10.2. The summed E-state index contributed by atoms with van der Waals surface area (Å²) >= 11 is 0. The predicted molar refractivity (Wildman–Crippen MR) is 106 cm³/mol. The SMILES string of the molecule is O=C(COc1ccc2c(c1)CCC2)NC1CC[NH+](Cc2ccccc2)CC1. The molecule has 4 nitrogen and oxygen atoms in total. The lowest BCUT2D eigenvalue weighted by Gasteiger charge is -2.29. The summed E-state index contributed by atoms with van der Waals surface area (Å²) in [7, 11) is 0. The number of rotatable bonds is 6. The van der Waals surface area contributed by atoms with Crippen LogP contribution in [0.1, 0.15) is 36.0 Å². The van der Waals surface area contributed by atoms with E-state index < -0.39 is 0 Å². The minimum Gasteiger partial charge on any atom is -0.484 e. The summed E-state index contributed by atoms with van der Waals surface area (Å²) in [5, 5.41) is 3.15. The first kappa shape index (κ1) is 18.1. The third-order valence-electron chi connectivity index (χ3n) is 5.79. The third-order valence-corrected chi connectivity index (χ3v) is 5.79. The Morgan fingerprint density at radius 2 is 1.81 bits per heavy atom. The van der Waals surface area contributed by atoms with Crippen molar-refractivity contribution < 1.29 is 14.4 Å². The standard InChI is InChI=1S/C23H28N2O2/c26-23(17-27-22-10-9-19-7-4-8-20(19)15-22)24-21-11-13-25(14-12-21)16-18-5-2-1-3-6-18/h1-3,5-6,9-10,15,21H,4,7-8,11-14,16-17H2,(H,24,26)/p+1. The summed E-state index contributed by atoms with van der Waals surface area (Å²) in [5.41, 5.74) is 4.19. The van der Waals surface area contributed by atoms with E-state index >= 15 is 0 Å². The Morgan fingerprint density at radius 3 is 2.63 bits per heavy atom. The molecule has 0 bridgehead atoms. The van der Waals surface area contributed by atoms with E-state index in [2.05, 4.69) is 47.8 Å². The molecule has 0 unspecified atom stereocenters. The summed E-state index contributed by atoms with van der Waals surface area (Å²) in [4.78, 5) is 13.8. The fraction of sp³-hybridized carbons (Fsp3) is 0.435. The van der Waals surface area contributed by atoms with Crippen LogP contribution in [0, 0.1) is 0 Å². The van der Waals surface area contributed by atoms with Gasteiger partial charge in [-0.15, -0.1) is 0 Å². The summed E-state index contributed by atoms with van der Waals surface area (Å²) < 4.78 is 5.72. The van der Waals surface area contributed by atoms with Gasteiger partial charge >= 0.3 is 0 Å². The lowest BCUT2D eigenvalue weighted by molar-refractivity contribution is -0.918. The minimum absolute atomic E-state index is 0.00740. The Bertz CT molecular complexity index is 767. The van der Waals surface area contributed by atoms with Crippen molar-refractivity contribution in [1.82, 2.24) is 5.32 Å². The maximum Gasteiger partial charge on any atom is 0.258 e. The van der Waals surface area contributed by atoms with Crippen LogP contribution in [0.5, 0.6) is 5.75 Å². The van der Waals surface area contributed by atoms with Gasteiger partial charge in [0, 0.05) is 24.4 Å². The third kappa shape index (κ3) is 4.89. The van der Waals surface area contributed by atoms with E-state index in [1.54, 1.807) is 4.90 Å². The van der Waals surface area contributed by atoms with Crippen molar-refractivity contribution in [3.63, 3.8) is 0 Å². The van der Waals surface area contributed by atoms with Crippen LogP contribution >= 0.6 is 0 Å². The molecular formula is C23H29N2O2+. The van der Waals surface area contributed by atoms with Crippen LogP contribution in [0.3, 0.4) is 0 Å². The van der Waals surface area contributed by atoms with Crippen LogP contribution in [0.4, 0.5) is 0 Å². The van der Waals surface area contributed by atoms with E-state index in [0.29, 0.717) is 0 Å². The number of quaternary nitrogens is 1. The fourth-order valence-corrected chi connectivity index (χ4v) is 4.29. The second-order valence-electron chi connectivity index (χ2n) is 7.83. The van der Waals surface area contributed by atoms with E-state index in [1.807, 2.05) is 6.07 Å². The molecule has 2 aromatic rings. The zero-order valence-corrected chi connectivity index (χ0v) is 15.9. The average molecular weight is 365 g/mol. The van der Waals surface area contributed by atoms with E-state index in [-0.39, 0.29) is 18.6 Å². The highest BCUT2D eigenvalue weighted by molar-refractivity contribution is 5.77. The van der Waals surface area contributed by atoms with Gasteiger partial charge in [0.15, 0.2) is 6.61 Å². The monoisotopic (exact) mass is 365 g/mol. The van der Waals surface area contributed by atoms with Crippen molar-refractivity contribution in [1.29, 1.82) is 0 Å². The number of amides is 1. The number of hydrogen-bond donors (Lipinski definition) is 2. The number of nitrogens with one attached hydrogen (secondary N) is 2. The number of carbonyl (C=O) groups is 1. The summed E-state index contributed by atoms with van der Waals surface area (Å²) in [6.45, 7) is 3.38. The predicted octanol–water partition coefficient (Wildman–Crippen LogP) is 1.92. The van der Waals surface area contributed by atoms with Gasteiger partial charge in [-0.3, -0.25) is 4.79 Å². The van der Waals surface area contributed by atoms with E-state index in [0.717, 1.165) is 44.6 Å². The molecule has 142 valence electrons. The molecule has 0 saturated carbocycles. The highest BCUT2D eigenvalue weighted by atomic mass is 16.5. The normalized spacial score (nSPS) is 21.5. The Balaban J connectivity index is 1.18. The Morgan fingerprint density at radius 1 is 1.04 bits per heavy atom. The quantitative estimate of drug-likeness (QED) is 0.821. The van der Waals surface area contributed by atoms with Gasteiger partial charge in [-0.25, -0.2) is 0 Å². The number of ether oxygens (including phenoxy) is 1. The largest absolute Gasteiger partial charge is 0.484 e. The molecule has 1 saturated heterocycles. The molecule has 0 aromatic heterocycles. The van der Waals surface area contributed by atoms with Gasteiger partial charge in [0.25, 0.3) is 5.91 Å². The van der Waals surface area contributed by atoms with Gasteiger partial charge in [0.05, 0.1) is 13.1 Å². The van der Waals surface area contributed by atoms with Gasteiger partial charge in [-0.2, -0.15) is 0 Å². The van der Waals surface area contributed by atoms with Gasteiger partial charge < -0.3 is 15.0 Å². The Labute approximate surface area is 161 Å². The van der Waals surface area contributed by atoms with E-state index in [9.17, 15) is 4.79 Å². The minimum atomic E-state index is -0.00740. The van der Waals surface area contributed by atoms with Crippen molar-refractivity contribution in [3.8, 4) is 5.75 Å². The topological polar surface area (TPSA) is 42.8 Å². The summed E-state index contributed by atoms with van der Waals surface area (Å²) in [6.07, 6.45) is 5.59. The number of hydrogen-bond acceptors (Lipinski definition) is 2. The number of piperidine rings is 1. The Hall–Kier alpha value is -2.33. The second kappa shape index (κ2) is 8.57. The van der Waals surface area contributed by atoms with Crippen molar-refractivity contribution >= 4 is 5.91 Å². The van der Waals surface area contributed by atoms with Gasteiger partial charge in [-0.05, 0) is 42.5 Å². The number of carbonyl (C=O) groups excluding carboxylic acids is 1. The molecular weight excluding hydrogens is 336 g/mol. The highest BCUT2D eigenvalue weighted by Crippen LogP contribution is 2.25. The van der Waals surface area contributed by atoms with Crippen LogP contribution in [0.15, 0.2) is 48.5 Å². The molecule has 1 fully saturated rings. The Kier molecular flexibility index (Phi) is 5.73. The molecule has 2 aliphatic rings. The zero-order chi connectivity index (χ0) is 18.5. The second-order valence-corrected chi connectivity index (χ2v) is 7.83. The summed E-state index contributed by atoms with van der Waals surface area (Å²) in [5.74, 6) is 0.805. The molecule has 1 aliphatic carbocycles. The lowest BCUT2D eigenvalue weighted by atomic mass is 10.0. The number of aryl methyl sites for hydroxylation is 2. The molecule has 2 aromatic carbocycles. The van der Waals surface area contributed by atoms with Gasteiger partial charge in [-0.1, -0.05) is 36.4 Å². The van der Waals surface area contributed by atoms with Crippen LogP contribution in [-0.2, 0) is 24.2 Å². The molecule has 4 rings (SSSR count). The number of likely N-dealkylation sites (tertiary alicyclic amines) is 1. The smallest absolute Gasteiger partial charge is 0.258 e. The lowest BCUT2D eigenvalue weighted by Crippen LogP contribution is -3.12. The highest BCUT2D eigenvalue weighted by Gasteiger charge is 2.23. The van der Waals surface area contributed by atoms with Crippen molar-refractivity contribution in [3.05, 3.63) is 65.2 Å². The number of benzene rings is 2. The molecule has 2 N–H and O–H groups in total. The first-order valence-electron chi connectivity index (χ1n) is 10.2. The van der Waals surface area contributed by atoms with Gasteiger partial charge in [0.2, 0.25) is 0 Å². The maximum absolute atomic E-state index is 12.2.